The molecule has 4 nitrogen and oxygen atoms in total. The molecule has 2 aromatic carbocycles. The highest BCUT2D eigenvalue weighted by Gasteiger charge is 2.19. The van der Waals surface area contributed by atoms with E-state index in [-0.39, 0.29) is 5.69 Å². The van der Waals surface area contributed by atoms with Gasteiger partial charge in [0.1, 0.15) is 11.6 Å². The molecule has 0 aliphatic rings. The smallest absolute Gasteiger partial charge is 0.251 e. The lowest BCUT2D eigenvalue weighted by Gasteiger charge is -2.13. The number of hydrogen-bond acceptors (Lipinski definition) is 2. The van der Waals surface area contributed by atoms with Crippen molar-refractivity contribution in [3.63, 3.8) is 0 Å². The lowest BCUT2D eigenvalue weighted by atomic mass is 10.0. The number of benzene rings is 2. The van der Waals surface area contributed by atoms with E-state index < -0.39 is 34.9 Å². The first-order valence-corrected chi connectivity index (χ1v) is 6.54. The zero-order valence-corrected chi connectivity index (χ0v) is 11.8. The molecule has 0 spiro atoms. The van der Waals surface area contributed by atoms with Crippen molar-refractivity contribution in [1.29, 1.82) is 0 Å². The molecule has 2 amide bonds. The van der Waals surface area contributed by atoms with E-state index in [1.54, 1.807) is 31.2 Å². The predicted octanol–water partition coefficient (Wildman–Crippen LogP) is 2.81. The van der Waals surface area contributed by atoms with Crippen LogP contribution in [0.25, 0.3) is 0 Å². The zero-order valence-electron chi connectivity index (χ0n) is 11.8. The first-order valence-electron chi connectivity index (χ1n) is 6.54. The van der Waals surface area contributed by atoms with Crippen molar-refractivity contribution in [2.45, 2.75) is 12.8 Å². The molecule has 0 aliphatic carbocycles. The van der Waals surface area contributed by atoms with Crippen molar-refractivity contribution in [2.75, 3.05) is 5.32 Å². The van der Waals surface area contributed by atoms with Gasteiger partial charge in [0, 0.05) is 6.07 Å². The Morgan fingerprint density at radius 2 is 1.73 bits per heavy atom. The number of nitrogens with one attached hydrogen (secondary N) is 1. The Hall–Kier alpha value is -2.76. The van der Waals surface area contributed by atoms with Crippen molar-refractivity contribution >= 4 is 17.5 Å². The van der Waals surface area contributed by atoms with E-state index in [1.165, 1.54) is 0 Å². The van der Waals surface area contributed by atoms with E-state index >= 15 is 0 Å². The minimum Gasteiger partial charge on any atom is -0.366 e. The summed E-state index contributed by atoms with van der Waals surface area (Å²) in [5.41, 5.74) is 4.98. The van der Waals surface area contributed by atoms with E-state index in [0.29, 0.717) is 6.07 Å². The molecule has 22 heavy (non-hydrogen) atoms. The second-order valence-electron chi connectivity index (χ2n) is 4.80. The molecule has 2 aromatic rings. The maximum atomic E-state index is 13.7. The number of carbonyl (C=O) groups excluding carboxylic acids is 2. The first-order chi connectivity index (χ1) is 10.4. The van der Waals surface area contributed by atoms with Crippen molar-refractivity contribution in [3.05, 3.63) is 65.2 Å². The van der Waals surface area contributed by atoms with Gasteiger partial charge in [0.05, 0.1) is 17.2 Å². The highest BCUT2D eigenvalue weighted by molar-refractivity contribution is 5.98. The third-order valence-electron chi connectivity index (χ3n) is 3.27. The van der Waals surface area contributed by atoms with Crippen LogP contribution in [0.2, 0.25) is 0 Å². The summed E-state index contributed by atoms with van der Waals surface area (Å²) in [5.74, 6) is -4.10. The van der Waals surface area contributed by atoms with Crippen LogP contribution in [0, 0.1) is 11.6 Å². The van der Waals surface area contributed by atoms with Gasteiger partial charge in [0.15, 0.2) is 0 Å². The predicted molar refractivity (Wildman–Crippen MR) is 78.4 cm³/mol. The molecule has 1 atom stereocenters. The molecule has 0 radical (unpaired) electrons. The first kappa shape index (κ1) is 15.6. The van der Waals surface area contributed by atoms with Crippen molar-refractivity contribution < 1.29 is 18.4 Å². The zero-order chi connectivity index (χ0) is 16.3. The van der Waals surface area contributed by atoms with E-state index in [1.807, 2.05) is 6.07 Å². The van der Waals surface area contributed by atoms with Gasteiger partial charge in [0.2, 0.25) is 5.91 Å². The van der Waals surface area contributed by atoms with Gasteiger partial charge in [-0.25, -0.2) is 8.78 Å². The number of halogens is 2. The monoisotopic (exact) mass is 304 g/mol. The topological polar surface area (TPSA) is 72.2 Å². The standard InChI is InChI=1S/C16H14F2N2O2/c1-9(10-5-3-2-4-6-10)16(22)20-14-7-11(15(19)21)12(17)8-13(14)18/h2-9H,1H3,(H2,19,21)(H,20,22)/t9-/m1/s1. The fraction of sp³-hybridized carbons (Fsp3) is 0.125. The van der Waals surface area contributed by atoms with Crippen LogP contribution in [0.4, 0.5) is 14.5 Å². The summed E-state index contributed by atoms with van der Waals surface area (Å²) in [7, 11) is 0. The van der Waals surface area contributed by atoms with Crippen LogP contribution >= 0.6 is 0 Å². The van der Waals surface area contributed by atoms with Gasteiger partial charge in [-0.3, -0.25) is 9.59 Å². The van der Waals surface area contributed by atoms with E-state index in [2.05, 4.69) is 5.32 Å². The molecule has 0 fully saturated rings. The Balaban J connectivity index is 2.25. The van der Waals surface area contributed by atoms with Crippen LogP contribution in [-0.2, 0) is 4.79 Å². The van der Waals surface area contributed by atoms with Crippen molar-refractivity contribution in [1.82, 2.24) is 0 Å². The Morgan fingerprint density at radius 3 is 2.32 bits per heavy atom. The summed E-state index contributed by atoms with van der Waals surface area (Å²) < 4.78 is 27.1. The maximum absolute atomic E-state index is 13.7. The lowest BCUT2D eigenvalue weighted by Crippen LogP contribution is -2.21. The summed E-state index contributed by atoms with van der Waals surface area (Å²) >= 11 is 0. The number of carbonyl (C=O) groups is 2. The molecule has 0 saturated heterocycles. The molecule has 2 rings (SSSR count). The largest absolute Gasteiger partial charge is 0.366 e. The summed E-state index contributed by atoms with van der Waals surface area (Å²) in [6.07, 6.45) is 0. The summed E-state index contributed by atoms with van der Waals surface area (Å²) in [6, 6.07) is 10.3. The lowest BCUT2D eigenvalue weighted by molar-refractivity contribution is -0.117. The van der Waals surface area contributed by atoms with E-state index in [4.69, 9.17) is 5.73 Å². The van der Waals surface area contributed by atoms with Gasteiger partial charge in [-0.05, 0) is 18.6 Å². The number of amides is 2. The van der Waals surface area contributed by atoms with Gasteiger partial charge in [-0.1, -0.05) is 30.3 Å². The third kappa shape index (κ3) is 3.28. The number of rotatable bonds is 4. The molecule has 0 aromatic heterocycles. The number of nitrogens with two attached hydrogens (primary N) is 1. The average molecular weight is 304 g/mol. The van der Waals surface area contributed by atoms with Gasteiger partial charge < -0.3 is 11.1 Å². The minimum atomic E-state index is -1.07. The van der Waals surface area contributed by atoms with Gasteiger partial charge in [0.25, 0.3) is 5.91 Å². The van der Waals surface area contributed by atoms with Crippen LogP contribution in [0.1, 0.15) is 28.8 Å². The molecule has 3 N–H and O–H groups in total. The van der Waals surface area contributed by atoms with E-state index in [0.717, 1.165) is 11.6 Å². The van der Waals surface area contributed by atoms with Crippen LogP contribution in [0.3, 0.4) is 0 Å². The molecular formula is C16H14F2N2O2. The second-order valence-corrected chi connectivity index (χ2v) is 4.80. The molecule has 0 heterocycles. The fourth-order valence-electron chi connectivity index (χ4n) is 1.97. The third-order valence-corrected chi connectivity index (χ3v) is 3.27. The minimum absolute atomic E-state index is 0.289. The maximum Gasteiger partial charge on any atom is 0.251 e. The quantitative estimate of drug-likeness (QED) is 0.911. The van der Waals surface area contributed by atoms with Crippen LogP contribution in [-0.4, -0.2) is 11.8 Å². The molecular weight excluding hydrogens is 290 g/mol. The van der Waals surface area contributed by atoms with Crippen molar-refractivity contribution in [2.24, 2.45) is 5.73 Å². The number of hydrogen-bond donors (Lipinski definition) is 2. The number of primary amides is 1. The highest BCUT2D eigenvalue weighted by atomic mass is 19.1. The van der Waals surface area contributed by atoms with Crippen LogP contribution < -0.4 is 11.1 Å². The molecule has 114 valence electrons. The Kier molecular flexibility index (Phi) is 4.50. The molecule has 0 saturated carbocycles. The van der Waals surface area contributed by atoms with Crippen LogP contribution in [0.5, 0.6) is 0 Å². The number of anilines is 1. The van der Waals surface area contributed by atoms with Gasteiger partial charge >= 0.3 is 0 Å². The van der Waals surface area contributed by atoms with E-state index in [9.17, 15) is 18.4 Å². The normalized spacial score (nSPS) is 11.8. The molecule has 0 unspecified atom stereocenters. The molecule has 0 bridgehead atoms. The Labute approximate surface area is 125 Å². The summed E-state index contributed by atoms with van der Waals surface area (Å²) in [4.78, 5) is 23.2. The average Bonchev–Trinajstić information content (AvgIpc) is 2.49. The Bertz CT molecular complexity index is 718. The highest BCUT2D eigenvalue weighted by Crippen LogP contribution is 2.22. The Morgan fingerprint density at radius 1 is 1.09 bits per heavy atom. The molecule has 6 heteroatoms. The summed E-state index contributed by atoms with van der Waals surface area (Å²) in [5, 5.41) is 2.34. The van der Waals surface area contributed by atoms with Gasteiger partial charge in [-0.15, -0.1) is 0 Å². The SMILES string of the molecule is C[C@@H](C(=O)Nc1cc(C(N)=O)c(F)cc1F)c1ccccc1. The van der Waals surface area contributed by atoms with Crippen LogP contribution in [0.15, 0.2) is 42.5 Å². The summed E-state index contributed by atoms with van der Waals surface area (Å²) in [6.45, 7) is 1.65. The van der Waals surface area contributed by atoms with Gasteiger partial charge in [-0.2, -0.15) is 0 Å². The molecule has 0 aliphatic heterocycles. The van der Waals surface area contributed by atoms with Crippen molar-refractivity contribution in [3.8, 4) is 0 Å². The second kappa shape index (κ2) is 6.34. The fourth-order valence-corrected chi connectivity index (χ4v) is 1.97.